The van der Waals surface area contributed by atoms with E-state index in [2.05, 4.69) is 5.32 Å². The molecule has 19 heavy (non-hydrogen) atoms. The smallest absolute Gasteiger partial charge is 0.127 e. The van der Waals surface area contributed by atoms with E-state index in [1.165, 1.54) is 18.4 Å². The number of nitrogens with one attached hydrogen (secondary N) is 1. The first-order valence-corrected chi connectivity index (χ1v) is 6.77. The highest BCUT2D eigenvalue weighted by Crippen LogP contribution is 2.36. The highest BCUT2D eigenvalue weighted by atomic mass is 16.5. The van der Waals surface area contributed by atoms with Crippen LogP contribution in [0.4, 0.5) is 0 Å². The molecule has 106 valence electrons. The minimum absolute atomic E-state index is 0.347. The van der Waals surface area contributed by atoms with Gasteiger partial charge in [0.1, 0.15) is 11.5 Å². The van der Waals surface area contributed by atoms with Gasteiger partial charge in [0.05, 0.1) is 20.8 Å². The van der Waals surface area contributed by atoms with Gasteiger partial charge < -0.3 is 19.5 Å². The Hall–Kier alpha value is -1.26. The van der Waals surface area contributed by atoms with Gasteiger partial charge in [0.15, 0.2) is 0 Å². The molecule has 1 N–H and O–H groups in total. The fraction of sp³-hybridized carbons (Fsp3) is 0.600. The Morgan fingerprint density at radius 2 is 2.00 bits per heavy atom. The molecule has 1 heterocycles. The van der Waals surface area contributed by atoms with Gasteiger partial charge in [-0.25, -0.2) is 0 Å². The largest absolute Gasteiger partial charge is 0.497 e. The summed E-state index contributed by atoms with van der Waals surface area (Å²) in [4.78, 5) is 0. The lowest BCUT2D eigenvalue weighted by molar-refractivity contribution is 0.182. The monoisotopic (exact) mass is 265 g/mol. The third kappa shape index (κ3) is 3.19. The van der Waals surface area contributed by atoms with Gasteiger partial charge in [0.2, 0.25) is 0 Å². The number of hydrogen-bond donors (Lipinski definition) is 1. The first-order valence-electron chi connectivity index (χ1n) is 6.77. The maximum Gasteiger partial charge on any atom is 0.127 e. The summed E-state index contributed by atoms with van der Waals surface area (Å²) in [7, 11) is 5.09. The molecule has 1 fully saturated rings. The van der Waals surface area contributed by atoms with Crippen LogP contribution in [0.2, 0.25) is 0 Å². The maximum absolute atomic E-state index is 5.55. The number of hydrogen-bond acceptors (Lipinski definition) is 4. The van der Waals surface area contributed by atoms with Crippen LogP contribution < -0.4 is 14.8 Å². The molecule has 1 aromatic carbocycles. The van der Waals surface area contributed by atoms with Crippen molar-refractivity contribution < 1.29 is 14.2 Å². The minimum Gasteiger partial charge on any atom is -0.497 e. The van der Waals surface area contributed by atoms with Crippen molar-refractivity contribution in [1.29, 1.82) is 0 Å². The fourth-order valence-electron chi connectivity index (χ4n) is 2.71. The molecule has 4 heteroatoms. The van der Waals surface area contributed by atoms with Crippen molar-refractivity contribution in [3.63, 3.8) is 0 Å². The van der Waals surface area contributed by atoms with Crippen LogP contribution in [0.1, 0.15) is 36.4 Å². The summed E-state index contributed by atoms with van der Waals surface area (Å²) in [6.07, 6.45) is 3.63. The van der Waals surface area contributed by atoms with Crippen molar-refractivity contribution in [3.8, 4) is 11.5 Å². The van der Waals surface area contributed by atoms with E-state index in [-0.39, 0.29) is 0 Å². The van der Waals surface area contributed by atoms with Gasteiger partial charge in [-0.2, -0.15) is 0 Å². The predicted molar refractivity (Wildman–Crippen MR) is 74.9 cm³/mol. The Balaban J connectivity index is 2.41. The number of rotatable bonds is 5. The maximum atomic E-state index is 5.55. The molecule has 0 aromatic heterocycles. The van der Waals surface area contributed by atoms with E-state index >= 15 is 0 Å². The first-order chi connectivity index (χ1) is 9.30. The Bertz CT molecular complexity index is 414. The van der Waals surface area contributed by atoms with Crippen LogP contribution in [0.5, 0.6) is 11.5 Å². The molecule has 1 saturated heterocycles. The molecule has 1 aromatic rings. The van der Waals surface area contributed by atoms with Crippen LogP contribution in [0.3, 0.4) is 0 Å². The van der Waals surface area contributed by atoms with E-state index in [0.29, 0.717) is 12.6 Å². The van der Waals surface area contributed by atoms with Crippen molar-refractivity contribution in [2.45, 2.75) is 31.9 Å². The zero-order valence-corrected chi connectivity index (χ0v) is 12.0. The van der Waals surface area contributed by atoms with Gasteiger partial charge in [-0.15, -0.1) is 0 Å². The highest BCUT2D eigenvalue weighted by molar-refractivity contribution is 5.48. The van der Waals surface area contributed by atoms with Crippen molar-refractivity contribution in [1.82, 2.24) is 5.32 Å². The fourth-order valence-corrected chi connectivity index (χ4v) is 2.71. The molecule has 1 unspecified atom stereocenters. The summed E-state index contributed by atoms with van der Waals surface area (Å²) in [6.45, 7) is 1.63. The second kappa shape index (κ2) is 6.78. The summed E-state index contributed by atoms with van der Waals surface area (Å²) in [6, 6.07) is 4.34. The summed E-state index contributed by atoms with van der Waals surface area (Å²) < 4.78 is 16.2. The van der Waals surface area contributed by atoms with E-state index in [9.17, 15) is 0 Å². The summed E-state index contributed by atoms with van der Waals surface area (Å²) in [5, 5.41) is 3.57. The van der Waals surface area contributed by atoms with E-state index in [0.717, 1.165) is 30.0 Å². The van der Waals surface area contributed by atoms with Crippen molar-refractivity contribution in [3.05, 3.63) is 23.3 Å². The molecule has 0 aliphatic carbocycles. The van der Waals surface area contributed by atoms with Crippen LogP contribution >= 0.6 is 0 Å². The van der Waals surface area contributed by atoms with Crippen LogP contribution in [-0.2, 0) is 11.3 Å². The molecule has 0 spiro atoms. The molecule has 0 bridgehead atoms. The lowest BCUT2D eigenvalue weighted by Crippen LogP contribution is -2.28. The van der Waals surface area contributed by atoms with Gasteiger partial charge in [-0.3, -0.25) is 0 Å². The summed E-state index contributed by atoms with van der Waals surface area (Å²) in [5.41, 5.74) is 2.35. The highest BCUT2D eigenvalue weighted by Gasteiger charge is 2.22. The quantitative estimate of drug-likeness (QED) is 0.888. The lowest BCUT2D eigenvalue weighted by Gasteiger charge is -2.27. The molecular weight excluding hydrogens is 242 g/mol. The van der Waals surface area contributed by atoms with Gasteiger partial charge in [-0.05, 0) is 31.0 Å². The SMILES string of the molecule is COCc1cc(OC)cc(OC)c1C1CCCCN1. The third-order valence-electron chi connectivity index (χ3n) is 3.62. The first kappa shape index (κ1) is 14.2. The minimum atomic E-state index is 0.347. The average Bonchev–Trinajstić information content (AvgIpc) is 2.47. The van der Waals surface area contributed by atoms with E-state index in [4.69, 9.17) is 14.2 Å². The molecule has 0 saturated carbocycles. The standard InChI is InChI=1S/C15H23NO3/c1-17-10-11-8-12(18-2)9-14(19-3)15(11)13-6-4-5-7-16-13/h8-9,13,16H,4-7,10H2,1-3H3. The third-order valence-corrected chi connectivity index (χ3v) is 3.62. The van der Waals surface area contributed by atoms with Gasteiger partial charge in [0, 0.05) is 24.8 Å². The molecular formula is C15H23NO3. The second-order valence-corrected chi connectivity index (χ2v) is 4.84. The zero-order valence-electron chi connectivity index (χ0n) is 12.0. The number of methoxy groups -OCH3 is 3. The molecule has 4 nitrogen and oxygen atoms in total. The van der Waals surface area contributed by atoms with Gasteiger partial charge in [-0.1, -0.05) is 6.42 Å². The van der Waals surface area contributed by atoms with Gasteiger partial charge >= 0.3 is 0 Å². The number of piperidine rings is 1. The second-order valence-electron chi connectivity index (χ2n) is 4.84. The molecule has 1 aliphatic heterocycles. The van der Waals surface area contributed by atoms with Crippen molar-refractivity contribution in [2.75, 3.05) is 27.9 Å². The van der Waals surface area contributed by atoms with Crippen LogP contribution in [0.25, 0.3) is 0 Å². The van der Waals surface area contributed by atoms with Crippen molar-refractivity contribution in [2.24, 2.45) is 0 Å². The molecule has 1 atom stereocenters. The molecule has 2 rings (SSSR count). The Morgan fingerprint density at radius 3 is 2.58 bits per heavy atom. The Labute approximate surface area is 115 Å². The Morgan fingerprint density at radius 1 is 1.16 bits per heavy atom. The van der Waals surface area contributed by atoms with Crippen LogP contribution in [-0.4, -0.2) is 27.9 Å². The predicted octanol–water partition coefficient (Wildman–Crippen LogP) is 2.66. The normalized spacial score (nSPS) is 19.2. The Kier molecular flexibility index (Phi) is 5.05. The lowest BCUT2D eigenvalue weighted by atomic mass is 9.92. The zero-order chi connectivity index (χ0) is 13.7. The van der Waals surface area contributed by atoms with Crippen LogP contribution in [0, 0.1) is 0 Å². The summed E-state index contributed by atoms with van der Waals surface area (Å²) >= 11 is 0. The summed E-state index contributed by atoms with van der Waals surface area (Å²) in [5.74, 6) is 1.69. The molecule has 0 amide bonds. The van der Waals surface area contributed by atoms with E-state index < -0.39 is 0 Å². The topological polar surface area (TPSA) is 39.7 Å². The average molecular weight is 265 g/mol. The van der Waals surface area contributed by atoms with Crippen molar-refractivity contribution >= 4 is 0 Å². The van der Waals surface area contributed by atoms with Crippen LogP contribution in [0.15, 0.2) is 12.1 Å². The van der Waals surface area contributed by atoms with E-state index in [1.54, 1.807) is 21.3 Å². The van der Waals surface area contributed by atoms with E-state index in [1.807, 2.05) is 12.1 Å². The number of ether oxygens (including phenoxy) is 3. The van der Waals surface area contributed by atoms with Gasteiger partial charge in [0.25, 0.3) is 0 Å². The number of benzene rings is 1. The molecule has 1 aliphatic rings. The molecule has 0 radical (unpaired) electrons.